The van der Waals surface area contributed by atoms with Crippen molar-refractivity contribution in [3.05, 3.63) is 24.3 Å². The Morgan fingerprint density at radius 3 is 2.35 bits per heavy atom. The minimum Gasteiger partial charge on any atom is -0.502 e. The van der Waals surface area contributed by atoms with E-state index >= 15 is 0 Å². The van der Waals surface area contributed by atoms with E-state index in [-0.39, 0.29) is 42.5 Å². The maximum atomic E-state index is 13.0. The molecule has 2 unspecified atom stereocenters. The van der Waals surface area contributed by atoms with Gasteiger partial charge in [0.25, 0.3) is 0 Å². The molecule has 1 aliphatic heterocycles. The standard InChI is InChI=1S/C18H27N2O7PS.C2H6/c1-25-15-11-13(12-16(26-2)17(15)21)19-29(23,24)20-8-4-3-7-14(20)18(22)27-9-5-6-10-28;1-2/h3-4,11-12,14,19,21H,5-10,28H2,1-2H3;1-2H3. The van der Waals surface area contributed by atoms with E-state index in [1.54, 1.807) is 12.2 Å². The number of benzene rings is 1. The minimum atomic E-state index is -4.09. The van der Waals surface area contributed by atoms with E-state index in [9.17, 15) is 18.3 Å². The number of rotatable bonds is 10. The van der Waals surface area contributed by atoms with E-state index in [4.69, 9.17) is 14.2 Å². The van der Waals surface area contributed by atoms with E-state index in [0.717, 1.165) is 23.3 Å². The molecule has 2 atom stereocenters. The van der Waals surface area contributed by atoms with Gasteiger partial charge in [0, 0.05) is 18.7 Å². The van der Waals surface area contributed by atoms with Crippen molar-refractivity contribution in [1.82, 2.24) is 4.31 Å². The Morgan fingerprint density at radius 1 is 1.19 bits per heavy atom. The number of hydrogen-bond donors (Lipinski definition) is 2. The second-order valence-electron chi connectivity index (χ2n) is 6.29. The summed E-state index contributed by atoms with van der Waals surface area (Å²) in [5.41, 5.74) is 0.124. The van der Waals surface area contributed by atoms with Crippen LogP contribution in [0.25, 0.3) is 0 Å². The summed E-state index contributed by atoms with van der Waals surface area (Å²) in [5.74, 6) is -0.730. The number of nitrogens with zero attached hydrogens (tertiary/aromatic N) is 1. The highest BCUT2D eigenvalue weighted by Crippen LogP contribution is 2.39. The Labute approximate surface area is 187 Å². The van der Waals surface area contributed by atoms with Crippen LogP contribution >= 0.6 is 9.24 Å². The molecule has 0 radical (unpaired) electrons. The first-order chi connectivity index (χ1) is 14.8. The van der Waals surface area contributed by atoms with Gasteiger partial charge in [0.15, 0.2) is 11.5 Å². The van der Waals surface area contributed by atoms with E-state index in [1.807, 2.05) is 13.8 Å². The highest BCUT2D eigenvalue weighted by molar-refractivity contribution is 7.90. The predicted octanol–water partition coefficient (Wildman–Crippen LogP) is 2.92. The van der Waals surface area contributed by atoms with Crippen molar-refractivity contribution < 1.29 is 32.5 Å². The number of anilines is 1. The maximum Gasteiger partial charge on any atom is 0.324 e. The summed E-state index contributed by atoms with van der Waals surface area (Å²) in [7, 11) is 1.19. The number of aromatic hydroxyl groups is 1. The lowest BCUT2D eigenvalue weighted by molar-refractivity contribution is -0.148. The summed E-state index contributed by atoms with van der Waals surface area (Å²) in [6, 6.07) is 1.70. The second kappa shape index (κ2) is 13.4. The van der Waals surface area contributed by atoms with Gasteiger partial charge < -0.3 is 19.3 Å². The average Bonchev–Trinajstić information content (AvgIpc) is 2.78. The minimum absolute atomic E-state index is 0.0348. The van der Waals surface area contributed by atoms with Gasteiger partial charge in [0.1, 0.15) is 6.04 Å². The first-order valence-electron chi connectivity index (χ1n) is 10.1. The topological polar surface area (TPSA) is 114 Å². The molecule has 0 aromatic heterocycles. The Balaban J connectivity index is 0.00000233. The second-order valence-corrected chi connectivity index (χ2v) is 8.49. The Bertz CT molecular complexity index is 821. The largest absolute Gasteiger partial charge is 0.502 e. The molecule has 0 fully saturated rings. The van der Waals surface area contributed by atoms with Gasteiger partial charge in [-0.05, 0) is 25.4 Å². The number of esters is 1. The zero-order valence-corrected chi connectivity index (χ0v) is 20.4. The Kier molecular flexibility index (Phi) is 11.7. The average molecular weight is 477 g/mol. The third kappa shape index (κ3) is 7.55. The zero-order valence-electron chi connectivity index (χ0n) is 18.5. The number of phenols is 1. The van der Waals surface area contributed by atoms with Crippen molar-refractivity contribution in [2.24, 2.45) is 0 Å². The molecule has 11 heteroatoms. The SMILES string of the molecule is CC.COc1cc(NS(=O)(=O)N2CC=CCC2C(=O)OCCCCP)cc(OC)c1O. The van der Waals surface area contributed by atoms with Crippen molar-refractivity contribution in [3.63, 3.8) is 0 Å². The quantitative estimate of drug-likeness (QED) is 0.175. The van der Waals surface area contributed by atoms with E-state index < -0.39 is 22.2 Å². The highest BCUT2D eigenvalue weighted by atomic mass is 32.2. The van der Waals surface area contributed by atoms with E-state index in [1.165, 1.54) is 26.4 Å². The number of hydrogen-bond acceptors (Lipinski definition) is 7. The van der Waals surface area contributed by atoms with Crippen molar-refractivity contribution in [3.8, 4) is 17.2 Å². The van der Waals surface area contributed by atoms with Crippen LogP contribution in [-0.4, -0.2) is 63.4 Å². The van der Waals surface area contributed by atoms with Gasteiger partial charge in [-0.15, -0.1) is 9.24 Å². The van der Waals surface area contributed by atoms with Gasteiger partial charge in [-0.25, -0.2) is 0 Å². The van der Waals surface area contributed by atoms with Crippen LogP contribution in [0.4, 0.5) is 5.69 Å². The van der Waals surface area contributed by atoms with Gasteiger partial charge >= 0.3 is 16.2 Å². The molecular formula is C20H33N2O7PS. The summed E-state index contributed by atoms with van der Waals surface area (Å²) in [4.78, 5) is 12.4. The fourth-order valence-electron chi connectivity index (χ4n) is 2.80. The number of unbranched alkanes of at least 4 members (excludes halogenated alkanes) is 1. The van der Waals surface area contributed by atoms with Gasteiger partial charge in [-0.1, -0.05) is 26.0 Å². The molecular weight excluding hydrogens is 443 g/mol. The number of carbonyl (C=O) groups is 1. The molecule has 1 aliphatic rings. The van der Waals surface area contributed by atoms with Crippen LogP contribution < -0.4 is 14.2 Å². The van der Waals surface area contributed by atoms with Crippen molar-refractivity contribution in [2.75, 3.05) is 38.3 Å². The van der Waals surface area contributed by atoms with Crippen LogP contribution in [0.1, 0.15) is 33.1 Å². The van der Waals surface area contributed by atoms with Crippen LogP contribution in [0.5, 0.6) is 17.2 Å². The third-order valence-electron chi connectivity index (χ3n) is 4.31. The number of carbonyl (C=O) groups excluding carboxylic acids is 1. The number of phenolic OH excluding ortho intramolecular Hbond substituents is 1. The predicted molar refractivity (Wildman–Crippen MR) is 124 cm³/mol. The molecule has 2 N–H and O–H groups in total. The smallest absolute Gasteiger partial charge is 0.324 e. The molecule has 31 heavy (non-hydrogen) atoms. The summed E-state index contributed by atoms with van der Waals surface area (Å²) in [6.45, 7) is 4.29. The third-order valence-corrected chi connectivity index (χ3v) is 6.23. The lowest BCUT2D eigenvalue weighted by atomic mass is 10.1. The fourth-order valence-corrected chi connectivity index (χ4v) is 4.41. The molecule has 0 saturated heterocycles. The maximum absolute atomic E-state index is 13.0. The highest BCUT2D eigenvalue weighted by Gasteiger charge is 2.36. The zero-order chi connectivity index (χ0) is 23.4. The molecule has 1 aromatic carbocycles. The molecule has 0 spiro atoms. The molecule has 0 amide bonds. The Morgan fingerprint density at radius 2 is 1.81 bits per heavy atom. The van der Waals surface area contributed by atoms with Crippen LogP contribution in [0.2, 0.25) is 0 Å². The van der Waals surface area contributed by atoms with Gasteiger partial charge in [-0.3, -0.25) is 9.52 Å². The van der Waals surface area contributed by atoms with Gasteiger partial charge in [-0.2, -0.15) is 12.7 Å². The normalized spacial score (nSPS) is 16.1. The number of methoxy groups -OCH3 is 2. The van der Waals surface area contributed by atoms with E-state index in [0.29, 0.717) is 0 Å². The fraction of sp³-hybridized carbons (Fsp3) is 0.550. The van der Waals surface area contributed by atoms with Crippen LogP contribution in [0.15, 0.2) is 24.3 Å². The lowest BCUT2D eigenvalue weighted by Crippen LogP contribution is -2.49. The molecule has 9 nitrogen and oxygen atoms in total. The van der Waals surface area contributed by atoms with Crippen LogP contribution in [0.3, 0.4) is 0 Å². The monoisotopic (exact) mass is 476 g/mol. The molecule has 0 bridgehead atoms. The number of ether oxygens (including phenoxy) is 3. The summed E-state index contributed by atoms with van der Waals surface area (Å²) >= 11 is 0. The van der Waals surface area contributed by atoms with Crippen molar-refractivity contribution in [1.29, 1.82) is 0 Å². The van der Waals surface area contributed by atoms with Crippen LogP contribution in [0, 0.1) is 0 Å². The van der Waals surface area contributed by atoms with Gasteiger partial charge in [0.2, 0.25) is 5.75 Å². The molecule has 2 rings (SSSR count). The van der Waals surface area contributed by atoms with Crippen molar-refractivity contribution in [2.45, 2.75) is 39.2 Å². The molecule has 1 aromatic rings. The molecule has 0 saturated carbocycles. The molecule has 176 valence electrons. The van der Waals surface area contributed by atoms with Crippen molar-refractivity contribution >= 4 is 31.1 Å². The lowest BCUT2D eigenvalue weighted by Gasteiger charge is -2.30. The molecule has 1 heterocycles. The van der Waals surface area contributed by atoms with E-state index in [2.05, 4.69) is 14.0 Å². The first-order valence-corrected chi connectivity index (χ1v) is 12.4. The summed E-state index contributed by atoms with van der Waals surface area (Å²) < 4.78 is 44.7. The van der Waals surface area contributed by atoms with Crippen LogP contribution in [-0.2, 0) is 19.7 Å². The van der Waals surface area contributed by atoms with Gasteiger partial charge in [0.05, 0.1) is 26.5 Å². The first kappa shape index (κ1) is 27.0. The Hall–Kier alpha value is -2.03. The summed E-state index contributed by atoms with van der Waals surface area (Å²) in [5, 5.41) is 9.99. The summed E-state index contributed by atoms with van der Waals surface area (Å²) in [6.07, 6.45) is 6.19. The molecule has 0 aliphatic carbocycles. The number of nitrogens with one attached hydrogen (secondary N) is 1.